The molecule has 0 radical (unpaired) electrons. The van der Waals surface area contributed by atoms with Gasteiger partial charge in [-0.3, -0.25) is 19.3 Å². The highest BCUT2D eigenvalue weighted by Gasteiger charge is 2.39. The van der Waals surface area contributed by atoms with Crippen LogP contribution >= 0.6 is 35.3 Å². The topological polar surface area (TPSA) is 119 Å². The fourth-order valence-corrected chi connectivity index (χ4v) is 7.02. The van der Waals surface area contributed by atoms with Crippen molar-refractivity contribution < 1.29 is 50.3 Å². The van der Waals surface area contributed by atoms with E-state index in [0.29, 0.717) is 22.7 Å². The Kier molecular flexibility index (Phi) is 11.5. The summed E-state index contributed by atoms with van der Waals surface area (Å²) in [5.41, 5.74) is 2.08. The van der Waals surface area contributed by atoms with Crippen molar-refractivity contribution >= 4 is 75.1 Å². The summed E-state index contributed by atoms with van der Waals surface area (Å²) in [5, 5.41) is 4.04. The lowest BCUT2D eigenvalue weighted by Gasteiger charge is -2.26. The van der Waals surface area contributed by atoms with Crippen molar-refractivity contribution in [3.05, 3.63) is 80.4 Å². The fraction of sp³-hybridized carbons (Fsp3) is 0.303. The third-order valence-electron chi connectivity index (χ3n) is 6.95. The predicted octanol–water partition coefficient (Wildman–Crippen LogP) is 8.27. The highest BCUT2D eigenvalue weighted by molar-refractivity contribution is 8.26. The van der Waals surface area contributed by atoms with Crippen LogP contribution in [0.25, 0.3) is 17.2 Å². The van der Waals surface area contributed by atoms with Gasteiger partial charge in [0.1, 0.15) is 9.92 Å². The van der Waals surface area contributed by atoms with Gasteiger partial charge in [0, 0.05) is 29.4 Å². The average Bonchev–Trinajstić information content (AvgIpc) is 3.57. The SMILES string of the molecule is CC(C)(C)OC(=O)c1ccc(NC(=O)C[C@H](CCC(N)=O)N2C(=O)/C(=C/c3cc(-c4cc(C(F)(F)F)cc(C(F)(F)F)c4)cs3)SC2=S)cc1. The van der Waals surface area contributed by atoms with Crippen LogP contribution in [0.15, 0.2) is 58.8 Å². The lowest BCUT2D eigenvalue weighted by atomic mass is 10.0. The highest BCUT2D eigenvalue weighted by Crippen LogP contribution is 2.41. The molecule has 2 heterocycles. The van der Waals surface area contributed by atoms with Gasteiger partial charge in [0.15, 0.2) is 0 Å². The summed E-state index contributed by atoms with van der Waals surface area (Å²) < 4.78 is 85.7. The standard InChI is InChI=1S/C33H29F6N3O5S3/c1-31(2,3)47-29(46)17-4-6-22(7-5-17)41-27(44)14-23(8-9-26(40)43)42-28(45)25(50-30(42)48)15-24-12-19(16-49-24)18-10-20(32(34,35)36)13-21(11-18)33(37,38)39/h4-7,10-13,15-16,23H,8-9,14H2,1-3H3,(H2,40,43)(H,41,44)/b25-15-/t23-/m0/s1. The molecule has 1 aromatic heterocycles. The fourth-order valence-electron chi connectivity index (χ4n) is 4.71. The Balaban J connectivity index is 1.52. The van der Waals surface area contributed by atoms with Crippen LogP contribution in [0, 0.1) is 0 Å². The molecule has 0 unspecified atom stereocenters. The number of alkyl halides is 6. The Hall–Kier alpha value is -4.22. The molecule has 3 N–H and O–H groups in total. The Labute approximate surface area is 296 Å². The van der Waals surface area contributed by atoms with E-state index in [1.54, 1.807) is 20.8 Å². The Morgan fingerprint density at radius 1 is 0.960 bits per heavy atom. The molecule has 17 heteroatoms. The second-order valence-electron chi connectivity index (χ2n) is 12.1. The van der Waals surface area contributed by atoms with Crippen molar-refractivity contribution in [2.75, 3.05) is 5.32 Å². The van der Waals surface area contributed by atoms with E-state index in [0.717, 1.165) is 23.1 Å². The number of primary amides is 1. The number of thiocarbonyl (C=S) groups is 1. The van der Waals surface area contributed by atoms with Gasteiger partial charge in [0.25, 0.3) is 5.91 Å². The first-order valence-electron chi connectivity index (χ1n) is 14.7. The molecule has 0 saturated carbocycles. The van der Waals surface area contributed by atoms with Gasteiger partial charge in [0.05, 0.1) is 21.6 Å². The number of carbonyl (C=O) groups is 4. The molecule has 1 aliphatic rings. The molecule has 1 aliphatic heterocycles. The monoisotopic (exact) mass is 757 g/mol. The number of hydrogen-bond donors (Lipinski definition) is 2. The zero-order chi connectivity index (χ0) is 37.2. The minimum atomic E-state index is -5.02. The van der Waals surface area contributed by atoms with Gasteiger partial charge in [-0.15, -0.1) is 11.3 Å². The summed E-state index contributed by atoms with van der Waals surface area (Å²) in [5.74, 6) is -2.38. The van der Waals surface area contributed by atoms with E-state index in [4.69, 9.17) is 22.7 Å². The van der Waals surface area contributed by atoms with E-state index >= 15 is 0 Å². The number of nitrogens with one attached hydrogen (secondary N) is 1. The molecular formula is C33H29F6N3O5S3. The van der Waals surface area contributed by atoms with Crippen molar-refractivity contribution in [1.29, 1.82) is 0 Å². The largest absolute Gasteiger partial charge is 0.456 e. The molecule has 8 nitrogen and oxygen atoms in total. The lowest BCUT2D eigenvalue weighted by molar-refractivity contribution is -0.143. The first-order chi connectivity index (χ1) is 23.1. The maximum absolute atomic E-state index is 13.5. The summed E-state index contributed by atoms with van der Waals surface area (Å²) in [6.07, 6.45) is -9.12. The van der Waals surface area contributed by atoms with Crippen molar-refractivity contribution in [2.45, 2.75) is 64.0 Å². The van der Waals surface area contributed by atoms with Gasteiger partial charge in [-0.2, -0.15) is 26.3 Å². The summed E-state index contributed by atoms with van der Waals surface area (Å²) in [6.45, 7) is 5.18. The zero-order valence-corrected chi connectivity index (χ0v) is 29.0. The van der Waals surface area contributed by atoms with E-state index in [1.807, 2.05) is 0 Å². The van der Waals surface area contributed by atoms with Crippen LogP contribution in [0.5, 0.6) is 0 Å². The van der Waals surface area contributed by atoms with Crippen LogP contribution in [0.1, 0.15) is 66.4 Å². The number of thiophene rings is 1. The van der Waals surface area contributed by atoms with E-state index in [9.17, 15) is 45.5 Å². The van der Waals surface area contributed by atoms with Gasteiger partial charge >= 0.3 is 18.3 Å². The number of carbonyl (C=O) groups excluding carboxylic acids is 4. The molecular weight excluding hydrogens is 729 g/mol. The number of ether oxygens (including phenoxy) is 1. The number of benzene rings is 2. The number of rotatable bonds is 10. The number of halogens is 6. The molecule has 3 amide bonds. The van der Waals surface area contributed by atoms with E-state index in [2.05, 4.69) is 5.32 Å². The van der Waals surface area contributed by atoms with E-state index < -0.39 is 58.8 Å². The molecule has 2 aromatic carbocycles. The van der Waals surface area contributed by atoms with Crippen LogP contribution in [0.3, 0.4) is 0 Å². The number of hydrogen-bond acceptors (Lipinski definition) is 8. The van der Waals surface area contributed by atoms with Crippen LogP contribution in [-0.2, 0) is 31.5 Å². The molecule has 1 saturated heterocycles. The smallest absolute Gasteiger partial charge is 0.416 e. The highest BCUT2D eigenvalue weighted by atomic mass is 32.2. The van der Waals surface area contributed by atoms with Crippen molar-refractivity contribution in [3.63, 3.8) is 0 Å². The predicted molar refractivity (Wildman–Crippen MR) is 182 cm³/mol. The number of thioether (sulfide) groups is 1. The van der Waals surface area contributed by atoms with E-state index in [1.165, 1.54) is 46.7 Å². The average molecular weight is 758 g/mol. The lowest BCUT2D eigenvalue weighted by Crippen LogP contribution is -2.41. The molecule has 1 atom stereocenters. The first-order valence-corrected chi connectivity index (χ1v) is 16.8. The molecule has 0 aliphatic carbocycles. The second kappa shape index (κ2) is 14.9. The zero-order valence-electron chi connectivity index (χ0n) is 26.5. The maximum Gasteiger partial charge on any atom is 0.416 e. The third kappa shape index (κ3) is 10.2. The molecule has 3 aromatic rings. The minimum absolute atomic E-state index is 0.0136. The van der Waals surface area contributed by atoms with Crippen molar-refractivity contribution in [1.82, 2.24) is 4.90 Å². The Morgan fingerprint density at radius 3 is 2.10 bits per heavy atom. The first kappa shape index (κ1) is 38.6. The Morgan fingerprint density at radius 2 is 1.56 bits per heavy atom. The molecule has 4 rings (SSSR count). The van der Waals surface area contributed by atoms with Gasteiger partial charge in [0.2, 0.25) is 11.8 Å². The summed E-state index contributed by atoms with van der Waals surface area (Å²) in [7, 11) is 0. The van der Waals surface area contributed by atoms with Crippen molar-refractivity contribution in [2.24, 2.45) is 5.73 Å². The number of esters is 1. The third-order valence-corrected chi connectivity index (χ3v) is 9.16. The van der Waals surface area contributed by atoms with Crippen LogP contribution in [0.4, 0.5) is 32.0 Å². The number of amides is 3. The maximum atomic E-state index is 13.5. The molecule has 0 spiro atoms. The summed E-state index contributed by atoms with van der Waals surface area (Å²) >= 11 is 7.29. The summed E-state index contributed by atoms with van der Waals surface area (Å²) in [6, 6.07) is 7.66. The van der Waals surface area contributed by atoms with Gasteiger partial charge in [-0.1, -0.05) is 24.0 Å². The quantitative estimate of drug-likeness (QED) is 0.0926. The van der Waals surface area contributed by atoms with Crippen molar-refractivity contribution in [3.8, 4) is 11.1 Å². The molecule has 1 fully saturated rings. The normalized spacial score (nSPS) is 15.4. The number of nitrogens with two attached hydrogens (primary N) is 1. The number of nitrogens with zero attached hydrogens (tertiary/aromatic N) is 1. The van der Waals surface area contributed by atoms with Crippen LogP contribution in [-0.4, -0.2) is 44.6 Å². The van der Waals surface area contributed by atoms with E-state index in [-0.39, 0.29) is 51.2 Å². The molecule has 50 heavy (non-hydrogen) atoms. The minimum Gasteiger partial charge on any atom is -0.456 e. The summed E-state index contributed by atoms with van der Waals surface area (Å²) in [4.78, 5) is 52.1. The molecule has 0 bridgehead atoms. The van der Waals surface area contributed by atoms with Gasteiger partial charge in [-0.25, -0.2) is 4.79 Å². The second-order valence-corrected chi connectivity index (χ2v) is 14.7. The molecule has 266 valence electrons. The van der Waals surface area contributed by atoms with Gasteiger partial charge < -0.3 is 15.8 Å². The van der Waals surface area contributed by atoms with Crippen LogP contribution < -0.4 is 11.1 Å². The Bertz CT molecular complexity index is 1810. The van der Waals surface area contributed by atoms with Crippen LogP contribution in [0.2, 0.25) is 0 Å². The van der Waals surface area contributed by atoms with Gasteiger partial charge in [-0.05, 0) is 98.3 Å². The number of anilines is 1.